The zero-order valence-corrected chi connectivity index (χ0v) is 21.7. The van der Waals surface area contributed by atoms with E-state index in [1.807, 2.05) is 4.90 Å². The van der Waals surface area contributed by atoms with Gasteiger partial charge in [0.25, 0.3) is 11.8 Å². The molecule has 4 amide bonds. The normalized spacial score (nSPS) is 19.8. The number of imide groups is 1. The highest BCUT2D eigenvalue weighted by Gasteiger charge is 2.33. The van der Waals surface area contributed by atoms with Crippen LogP contribution >= 0.6 is 0 Å². The van der Waals surface area contributed by atoms with Crippen molar-refractivity contribution in [3.05, 3.63) is 48.2 Å². The molecule has 0 aliphatic carbocycles. The van der Waals surface area contributed by atoms with Gasteiger partial charge in [0.2, 0.25) is 0 Å². The topological polar surface area (TPSA) is 104 Å². The van der Waals surface area contributed by atoms with Crippen molar-refractivity contribution in [3.63, 3.8) is 0 Å². The number of hydrogen-bond acceptors (Lipinski definition) is 7. The first kappa shape index (κ1) is 26.4. The summed E-state index contributed by atoms with van der Waals surface area (Å²) in [5, 5.41) is 2.70. The van der Waals surface area contributed by atoms with E-state index in [4.69, 9.17) is 9.47 Å². The molecule has 2 aliphatic rings. The van der Waals surface area contributed by atoms with E-state index in [-0.39, 0.29) is 6.54 Å². The molecule has 4 rings (SSSR count). The molecule has 3 heterocycles. The van der Waals surface area contributed by atoms with Gasteiger partial charge in [0.15, 0.2) is 0 Å². The number of hydrogen-bond donors (Lipinski definition) is 1. The van der Waals surface area contributed by atoms with Crippen molar-refractivity contribution in [2.24, 2.45) is 11.8 Å². The number of urea groups is 1. The number of nitrogens with one attached hydrogen (secondary N) is 1. The molecule has 2 aliphatic heterocycles. The van der Waals surface area contributed by atoms with Crippen molar-refractivity contribution in [2.45, 2.75) is 20.3 Å². The third-order valence-electron chi connectivity index (χ3n) is 6.65. The van der Waals surface area contributed by atoms with Gasteiger partial charge in [-0.15, -0.1) is 0 Å². The molecule has 0 spiro atoms. The Morgan fingerprint density at radius 2 is 1.76 bits per heavy atom. The maximum absolute atomic E-state index is 13.6. The second-order valence-electron chi connectivity index (χ2n) is 9.72. The Kier molecular flexibility index (Phi) is 8.60. The average Bonchev–Trinajstić information content (AvgIpc) is 2.92. The summed E-state index contributed by atoms with van der Waals surface area (Å²) in [7, 11) is 1.55. The Labute approximate surface area is 217 Å². The Balaban J connectivity index is 1.52. The minimum Gasteiger partial charge on any atom is -0.497 e. The number of ether oxygens (including phenoxy) is 2. The summed E-state index contributed by atoms with van der Waals surface area (Å²) in [5.41, 5.74) is 0.796. The predicted molar refractivity (Wildman–Crippen MR) is 140 cm³/mol. The highest BCUT2D eigenvalue weighted by molar-refractivity contribution is 6.15. The number of piperidine rings is 1. The molecule has 1 N–H and O–H groups in total. The van der Waals surface area contributed by atoms with E-state index < -0.39 is 17.8 Å². The van der Waals surface area contributed by atoms with Gasteiger partial charge < -0.3 is 24.6 Å². The predicted octanol–water partition coefficient (Wildman–Crippen LogP) is 2.79. The van der Waals surface area contributed by atoms with Crippen molar-refractivity contribution in [2.75, 3.05) is 62.8 Å². The third-order valence-corrected chi connectivity index (χ3v) is 6.65. The molecule has 1 aromatic heterocycles. The number of nitrogens with zero attached hydrogens (tertiary/aromatic N) is 4. The van der Waals surface area contributed by atoms with Crippen LogP contribution in [0.2, 0.25) is 0 Å². The molecule has 0 bridgehead atoms. The van der Waals surface area contributed by atoms with Crippen molar-refractivity contribution in [3.8, 4) is 5.75 Å². The van der Waals surface area contributed by atoms with E-state index in [1.54, 1.807) is 54.6 Å². The minimum absolute atomic E-state index is 0.337. The molecule has 0 radical (unpaired) electrons. The van der Waals surface area contributed by atoms with Gasteiger partial charge in [0, 0.05) is 32.4 Å². The number of aromatic nitrogens is 1. The minimum atomic E-state index is -0.522. The molecule has 1 aromatic carbocycles. The highest BCUT2D eigenvalue weighted by atomic mass is 16.5. The maximum atomic E-state index is 13.6. The van der Waals surface area contributed by atoms with Crippen LogP contribution in [0, 0.1) is 11.8 Å². The van der Waals surface area contributed by atoms with Crippen LogP contribution in [0.4, 0.5) is 16.3 Å². The van der Waals surface area contributed by atoms with Crippen LogP contribution in [0.3, 0.4) is 0 Å². The molecule has 2 fully saturated rings. The summed E-state index contributed by atoms with van der Waals surface area (Å²) in [6.45, 7) is 7.40. The summed E-state index contributed by atoms with van der Waals surface area (Å²) >= 11 is 0. The molecular weight excluding hydrogens is 474 g/mol. The Bertz CT molecular complexity index is 1090. The summed E-state index contributed by atoms with van der Waals surface area (Å²) in [4.78, 5) is 49.5. The third kappa shape index (κ3) is 6.37. The number of carbonyl (C=O) groups is 3. The quantitative estimate of drug-likeness (QED) is 0.639. The first-order chi connectivity index (χ1) is 17.9. The summed E-state index contributed by atoms with van der Waals surface area (Å²) in [6, 6.07) is 9.72. The van der Waals surface area contributed by atoms with E-state index in [9.17, 15) is 14.4 Å². The van der Waals surface area contributed by atoms with Gasteiger partial charge in [-0.25, -0.2) is 14.7 Å². The molecule has 0 unspecified atom stereocenters. The van der Waals surface area contributed by atoms with Crippen LogP contribution in [0.5, 0.6) is 5.75 Å². The number of rotatable bonds is 6. The Morgan fingerprint density at radius 3 is 2.41 bits per heavy atom. The van der Waals surface area contributed by atoms with Gasteiger partial charge in [-0.05, 0) is 54.7 Å². The SMILES string of the molecule is COc1ccc(N(C(=O)CNC(=O)c2cccnc2N2CCOCC2)C(=O)N2C[C@H](C)C[C@H](C)C2)cc1. The van der Waals surface area contributed by atoms with Crippen molar-refractivity contribution in [1.29, 1.82) is 0 Å². The van der Waals surface area contributed by atoms with E-state index in [0.29, 0.717) is 74.0 Å². The molecule has 2 atom stereocenters. The fourth-order valence-corrected chi connectivity index (χ4v) is 4.98. The molecule has 10 heteroatoms. The second kappa shape index (κ2) is 12.1. The van der Waals surface area contributed by atoms with Gasteiger partial charge in [-0.3, -0.25) is 9.59 Å². The first-order valence-corrected chi connectivity index (χ1v) is 12.7. The molecule has 10 nitrogen and oxygen atoms in total. The zero-order valence-electron chi connectivity index (χ0n) is 21.7. The second-order valence-corrected chi connectivity index (χ2v) is 9.72. The lowest BCUT2D eigenvalue weighted by Crippen LogP contribution is -2.53. The van der Waals surface area contributed by atoms with Gasteiger partial charge in [0.05, 0.1) is 38.1 Å². The molecular formula is C27H35N5O5. The lowest BCUT2D eigenvalue weighted by Gasteiger charge is -2.37. The lowest BCUT2D eigenvalue weighted by atomic mass is 9.92. The number of carbonyl (C=O) groups excluding carboxylic acids is 3. The number of morpholine rings is 1. The van der Waals surface area contributed by atoms with Crippen LogP contribution in [0.25, 0.3) is 0 Å². The molecule has 198 valence electrons. The Hall–Kier alpha value is -3.66. The fourth-order valence-electron chi connectivity index (χ4n) is 4.98. The number of amides is 4. The number of methoxy groups -OCH3 is 1. The summed E-state index contributed by atoms with van der Waals surface area (Å²) in [5.74, 6) is 0.893. The van der Waals surface area contributed by atoms with E-state index in [1.165, 1.54) is 0 Å². The monoisotopic (exact) mass is 509 g/mol. The van der Waals surface area contributed by atoms with Crippen LogP contribution < -0.4 is 19.9 Å². The van der Waals surface area contributed by atoms with Crippen molar-refractivity contribution in [1.82, 2.24) is 15.2 Å². The fraction of sp³-hybridized carbons (Fsp3) is 0.481. The van der Waals surface area contributed by atoms with Gasteiger partial charge in [0.1, 0.15) is 11.6 Å². The number of pyridine rings is 1. The van der Waals surface area contributed by atoms with Crippen LogP contribution in [0.1, 0.15) is 30.6 Å². The molecule has 2 saturated heterocycles. The van der Waals surface area contributed by atoms with Crippen molar-refractivity contribution >= 4 is 29.4 Å². The van der Waals surface area contributed by atoms with Gasteiger partial charge in [-0.2, -0.15) is 0 Å². The number of likely N-dealkylation sites (tertiary alicyclic amines) is 1. The maximum Gasteiger partial charge on any atom is 0.331 e. The van der Waals surface area contributed by atoms with Gasteiger partial charge in [-0.1, -0.05) is 13.8 Å². The van der Waals surface area contributed by atoms with E-state index in [2.05, 4.69) is 24.1 Å². The molecule has 2 aromatic rings. The van der Waals surface area contributed by atoms with E-state index in [0.717, 1.165) is 11.3 Å². The standard InChI is InChI=1S/C27H35N5O5/c1-19-15-20(2)18-31(17-19)27(35)32(21-6-8-22(36-3)9-7-21)24(33)16-29-26(34)23-5-4-10-28-25(23)30-11-13-37-14-12-30/h4-10,19-20H,11-18H2,1-3H3,(H,29,34)/t19-,20+. The number of anilines is 2. The lowest BCUT2D eigenvalue weighted by molar-refractivity contribution is -0.117. The van der Waals surface area contributed by atoms with E-state index >= 15 is 0 Å². The molecule has 0 saturated carbocycles. The molecule has 37 heavy (non-hydrogen) atoms. The van der Waals surface area contributed by atoms with Crippen LogP contribution in [0.15, 0.2) is 42.6 Å². The number of benzene rings is 1. The van der Waals surface area contributed by atoms with Crippen molar-refractivity contribution < 1.29 is 23.9 Å². The van der Waals surface area contributed by atoms with Crippen LogP contribution in [-0.4, -0.2) is 80.8 Å². The average molecular weight is 510 g/mol. The summed E-state index contributed by atoms with van der Waals surface area (Å²) < 4.78 is 10.6. The highest BCUT2D eigenvalue weighted by Crippen LogP contribution is 2.26. The largest absolute Gasteiger partial charge is 0.497 e. The first-order valence-electron chi connectivity index (χ1n) is 12.7. The van der Waals surface area contributed by atoms with Crippen LogP contribution in [-0.2, 0) is 9.53 Å². The Morgan fingerprint density at radius 1 is 1.08 bits per heavy atom. The zero-order chi connectivity index (χ0) is 26.4. The van der Waals surface area contributed by atoms with Gasteiger partial charge >= 0.3 is 6.03 Å². The smallest absolute Gasteiger partial charge is 0.331 e. The summed E-state index contributed by atoms with van der Waals surface area (Å²) in [6.07, 6.45) is 2.67.